The monoisotopic (exact) mass is 310 g/mol. The van der Waals surface area contributed by atoms with Crippen LogP contribution in [0.15, 0.2) is 18.2 Å². The third kappa shape index (κ3) is 5.63. The Morgan fingerprint density at radius 2 is 1.82 bits per heavy atom. The Kier molecular flexibility index (Phi) is 7.22. The smallest absolute Gasteiger partial charge is 0.344 e. The number of para-hydroxylation sites is 1. The third-order valence-corrected chi connectivity index (χ3v) is 2.80. The number of rotatable bonds is 8. The molecule has 0 heterocycles. The van der Waals surface area contributed by atoms with Crippen LogP contribution in [0.2, 0.25) is 0 Å². The predicted molar refractivity (Wildman–Crippen MR) is 80.1 cm³/mol. The summed E-state index contributed by atoms with van der Waals surface area (Å²) >= 11 is 0. The van der Waals surface area contributed by atoms with Crippen molar-refractivity contribution in [2.24, 2.45) is 0 Å². The van der Waals surface area contributed by atoms with E-state index >= 15 is 0 Å². The van der Waals surface area contributed by atoms with Crippen LogP contribution in [0.3, 0.4) is 0 Å². The second-order valence-electron chi connectivity index (χ2n) is 4.85. The molecule has 0 bridgehead atoms. The topological polar surface area (TPSA) is 71.1 Å². The van der Waals surface area contributed by atoms with Gasteiger partial charge in [-0.15, -0.1) is 0 Å². The van der Waals surface area contributed by atoms with E-state index in [1.807, 2.05) is 12.1 Å². The number of ether oxygens (including phenoxy) is 4. The molecule has 6 nitrogen and oxygen atoms in total. The van der Waals surface area contributed by atoms with E-state index in [9.17, 15) is 9.59 Å². The second-order valence-corrected chi connectivity index (χ2v) is 4.85. The zero-order valence-electron chi connectivity index (χ0n) is 13.4. The van der Waals surface area contributed by atoms with Crippen molar-refractivity contribution in [2.75, 3.05) is 20.8 Å². The third-order valence-electron chi connectivity index (χ3n) is 2.80. The molecule has 1 aromatic rings. The van der Waals surface area contributed by atoms with Gasteiger partial charge < -0.3 is 18.9 Å². The minimum Gasteiger partial charge on any atom is -0.493 e. The second kappa shape index (κ2) is 8.92. The van der Waals surface area contributed by atoms with Gasteiger partial charge in [-0.25, -0.2) is 4.79 Å². The molecule has 0 saturated carbocycles. The van der Waals surface area contributed by atoms with Crippen molar-refractivity contribution in [3.8, 4) is 11.5 Å². The first kappa shape index (κ1) is 17.8. The molecule has 0 aliphatic heterocycles. The van der Waals surface area contributed by atoms with Crippen LogP contribution < -0.4 is 9.47 Å². The van der Waals surface area contributed by atoms with Gasteiger partial charge in [0.15, 0.2) is 18.1 Å². The first-order valence-corrected chi connectivity index (χ1v) is 7.02. The SMILES string of the molecule is COc1cccc(CCC(=O)OCC(=O)OC(C)C)c1OC. The zero-order valence-corrected chi connectivity index (χ0v) is 13.4. The number of aryl methyl sites for hydroxylation is 1. The number of benzene rings is 1. The molecule has 0 N–H and O–H groups in total. The highest BCUT2D eigenvalue weighted by atomic mass is 16.6. The van der Waals surface area contributed by atoms with Gasteiger partial charge in [-0.3, -0.25) is 4.79 Å². The fourth-order valence-electron chi connectivity index (χ4n) is 1.90. The number of hydrogen-bond donors (Lipinski definition) is 0. The van der Waals surface area contributed by atoms with Gasteiger partial charge in [-0.1, -0.05) is 12.1 Å². The Morgan fingerprint density at radius 3 is 2.41 bits per heavy atom. The summed E-state index contributed by atoms with van der Waals surface area (Å²) in [4.78, 5) is 22.9. The molecule has 22 heavy (non-hydrogen) atoms. The fraction of sp³-hybridized carbons (Fsp3) is 0.500. The maximum absolute atomic E-state index is 11.7. The molecule has 0 aromatic heterocycles. The van der Waals surface area contributed by atoms with Crippen molar-refractivity contribution in [2.45, 2.75) is 32.8 Å². The van der Waals surface area contributed by atoms with Crippen molar-refractivity contribution in [3.63, 3.8) is 0 Å². The molecule has 0 saturated heterocycles. The lowest BCUT2D eigenvalue weighted by Crippen LogP contribution is -2.19. The van der Waals surface area contributed by atoms with Gasteiger partial charge in [0.1, 0.15) is 0 Å². The molecule has 0 fully saturated rings. The van der Waals surface area contributed by atoms with E-state index in [0.29, 0.717) is 17.9 Å². The average molecular weight is 310 g/mol. The van der Waals surface area contributed by atoms with Crippen molar-refractivity contribution in [3.05, 3.63) is 23.8 Å². The molecule has 0 radical (unpaired) electrons. The molecule has 122 valence electrons. The quantitative estimate of drug-likeness (QED) is 0.685. The van der Waals surface area contributed by atoms with Crippen molar-refractivity contribution < 1.29 is 28.5 Å². The number of esters is 2. The largest absolute Gasteiger partial charge is 0.493 e. The summed E-state index contributed by atoms with van der Waals surface area (Å²) in [5.41, 5.74) is 0.837. The van der Waals surface area contributed by atoms with Crippen molar-refractivity contribution >= 4 is 11.9 Å². The standard InChI is InChI=1S/C16H22O6/c1-11(2)22-15(18)10-21-14(17)9-8-12-6-5-7-13(19-3)16(12)20-4/h5-7,11H,8-10H2,1-4H3. The number of carbonyl (C=O) groups is 2. The van der Waals surface area contributed by atoms with Crippen LogP contribution in [0, 0.1) is 0 Å². The lowest BCUT2D eigenvalue weighted by atomic mass is 10.1. The van der Waals surface area contributed by atoms with Gasteiger partial charge in [-0.2, -0.15) is 0 Å². The Hall–Kier alpha value is -2.24. The Morgan fingerprint density at radius 1 is 1.09 bits per heavy atom. The van der Waals surface area contributed by atoms with Gasteiger partial charge in [0.25, 0.3) is 0 Å². The summed E-state index contributed by atoms with van der Waals surface area (Å²) in [5.74, 6) is 0.179. The van der Waals surface area contributed by atoms with Crippen LogP contribution in [-0.4, -0.2) is 38.9 Å². The number of carbonyl (C=O) groups excluding carboxylic acids is 2. The summed E-state index contributed by atoms with van der Waals surface area (Å²) in [6, 6.07) is 5.45. The Balaban J connectivity index is 2.49. The van der Waals surface area contributed by atoms with E-state index in [1.54, 1.807) is 34.1 Å². The molecule has 0 atom stereocenters. The van der Waals surface area contributed by atoms with Gasteiger partial charge in [0.05, 0.1) is 20.3 Å². The van der Waals surface area contributed by atoms with Crippen LogP contribution in [0.4, 0.5) is 0 Å². The molecular formula is C16H22O6. The highest BCUT2D eigenvalue weighted by Gasteiger charge is 2.13. The van der Waals surface area contributed by atoms with E-state index < -0.39 is 11.9 Å². The first-order valence-electron chi connectivity index (χ1n) is 7.02. The molecule has 6 heteroatoms. The average Bonchev–Trinajstić information content (AvgIpc) is 2.49. The molecule has 0 unspecified atom stereocenters. The normalized spacial score (nSPS) is 10.2. The number of methoxy groups -OCH3 is 2. The van der Waals surface area contributed by atoms with E-state index in [1.165, 1.54) is 0 Å². The van der Waals surface area contributed by atoms with Gasteiger partial charge in [0.2, 0.25) is 0 Å². The highest BCUT2D eigenvalue weighted by Crippen LogP contribution is 2.31. The summed E-state index contributed by atoms with van der Waals surface area (Å²) in [7, 11) is 3.10. The fourth-order valence-corrected chi connectivity index (χ4v) is 1.90. The summed E-state index contributed by atoms with van der Waals surface area (Å²) < 4.78 is 20.2. The first-order chi connectivity index (χ1) is 10.5. The maximum atomic E-state index is 11.7. The lowest BCUT2D eigenvalue weighted by Gasteiger charge is -2.12. The van der Waals surface area contributed by atoms with Crippen molar-refractivity contribution in [1.29, 1.82) is 0 Å². The van der Waals surface area contributed by atoms with E-state index in [-0.39, 0.29) is 19.1 Å². The molecule has 0 spiro atoms. The molecule has 0 aliphatic carbocycles. The summed E-state index contributed by atoms with van der Waals surface area (Å²) in [6.07, 6.45) is 0.337. The Labute approximate surface area is 130 Å². The van der Waals surface area contributed by atoms with Gasteiger partial charge in [0, 0.05) is 6.42 Å². The summed E-state index contributed by atoms with van der Waals surface area (Å²) in [5, 5.41) is 0. The predicted octanol–water partition coefficient (Wildman–Crippen LogP) is 2.13. The van der Waals surface area contributed by atoms with Crippen molar-refractivity contribution in [1.82, 2.24) is 0 Å². The Bertz CT molecular complexity index is 509. The van der Waals surface area contributed by atoms with Crippen LogP contribution in [0.25, 0.3) is 0 Å². The molecule has 1 aromatic carbocycles. The van der Waals surface area contributed by atoms with E-state index in [0.717, 1.165) is 5.56 Å². The lowest BCUT2D eigenvalue weighted by molar-refractivity contribution is -0.161. The van der Waals surface area contributed by atoms with Gasteiger partial charge >= 0.3 is 11.9 Å². The number of hydrogen-bond acceptors (Lipinski definition) is 6. The maximum Gasteiger partial charge on any atom is 0.344 e. The minimum atomic E-state index is -0.553. The zero-order chi connectivity index (χ0) is 16.5. The van der Waals surface area contributed by atoms with Crippen LogP contribution in [-0.2, 0) is 25.5 Å². The van der Waals surface area contributed by atoms with Crippen LogP contribution in [0.5, 0.6) is 11.5 Å². The molecule has 0 aliphatic rings. The van der Waals surface area contributed by atoms with Crippen LogP contribution in [0.1, 0.15) is 25.8 Å². The van der Waals surface area contributed by atoms with Crippen LogP contribution >= 0.6 is 0 Å². The van der Waals surface area contributed by atoms with E-state index in [4.69, 9.17) is 18.9 Å². The molecular weight excluding hydrogens is 288 g/mol. The summed E-state index contributed by atoms with van der Waals surface area (Å²) in [6.45, 7) is 3.09. The highest BCUT2D eigenvalue weighted by molar-refractivity contribution is 5.76. The minimum absolute atomic E-state index is 0.137. The van der Waals surface area contributed by atoms with Gasteiger partial charge in [-0.05, 0) is 31.9 Å². The molecule has 0 amide bonds. The van der Waals surface area contributed by atoms with E-state index in [2.05, 4.69) is 0 Å². The molecule has 1 rings (SSSR count).